The van der Waals surface area contributed by atoms with Crippen molar-refractivity contribution >= 4 is 33.6 Å². The van der Waals surface area contributed by atoms with Gasteiger partial charge in [-0.2, -0.15) is 0 Å². The van der Waals surface area contributed by atoms with Gasteiger partial charge in [-0.1, -0.05) is 78.5 Å². The molecule has 0 radical (unpaired) electrons. The maximum atomic E-state index is 2.39. The third kappa shape index (κ3) is 2.52. The smallest absolute Gasteiger partial charge is 0.0541 e. The molecule has 0 bridgehead atoms. The molecule has 2 heterocycles. The third-order valence-electron chi connectivity index (χ3n) is 6.46. The number of nitrogens with zero attached hydrogens (tertiary/aromatic N) is 1. The largest absolute Gasteiger partial charge is 0.309 e. The van der Waals surface area contributed by atoms with E-state index in [4.69, 9.17) is 0 Å². The van der Waals surface area contributed by atoms with Crippen LogP contribution in [0.5, 0.6) is 0 Å². The second kappa shape index (κ2) is 6.50. The Morgan fingerprint density at radius 3 is 2.39 bits per heavy atom. The van der Waals surface area contributed by atoms with Crippen LogP contribution in [0.25, 0.3) is 38.6 Å². The summed E-state index contributed by atoms with van der Waals surface area (Å²) in [7, 11) is 0. The zero-order chi connectivity index (χ0) is 20.4. The van der Waals surface area contributed by atoms with Gasteiger partial charge in [-0.3, -0.25) is 0 Å². The second-order valence-corrected chi connectivity index (χ2v) is 9.32. The molecular weight excluding hydrogens is 394 g/mol. The van der Waals surface area contributed by atoms with Gasteiger partial charge in [0, 0.05) is 32.2 Å². The quantitative estimate of drug-likeness (QED) is 0.283. The van der Waals surface area contributed by atoms with Crippen LogP contribution in [0, 0.1) is 0 Å². The zero-order valence-electron chi connectivity index (χ0n) is 16.8. The molecule has 0 amide bonds. The number of hydrogen-bond donors (Lipinski definition) is 0. The first-order valence-electron chi connectivity index (χ1n) is 10.7. The summed E-state index contributed by atoms with van der Waals surface area (Å²) in [5.74, 6) is 0.448. The molecule has 0 saturated heterocycles. The summed E-state index contributed by atoms with van der Waals surface area (Å²) in [4.78, 5) is 2.85. The summed E-state index contributed by atoms with van der Waals surface area (Å²) in [5, 5.41) is 2.59. The third-order valence-corrected chi connectivity index (χ3v) is 7.68. The van der Waals surface area contributed by atoms with E-state index in [1.54, 1.807) is 0 Å². The van der Waals surface area contributed by atoms with Crippen LogP contribution in [-0.4, -0.2) is 4.57 Å². The molecule has 5 aromatic rings. The van der Waals surface area contributed by atoms with E-state index < -0.39 is 0 Å². The van der Waals surface area contributed by atoms with Crippen molar-refractivity contribution < 1.29 is 0 Å². The van der Waals surface area contributed by atoms with Gasteiger partial charge in [0.25, 0.3) is 0 Å². The van der Waals surface area contributed by atoms with E-state index >= 15 is 0 Å². The molecule has 0 spiro atoms. The van der Waals surface area contributed by atoms with Crippen molar-refractivity contribution in [3.8, 4) is 16.8 Å². The average molecular weight is 414 g/mol. The molecular formula is C29H19NS. The Hall–Kier alpha value is -3.49. The van der Waals surface area contributed by atoms with Crippen molar-refractivity contribution in [2.75, 3.05) is 0 Å². The summed E-state index contributed by atoms with van der Waals surface area (Å²) in [6.45, 7) is 0. The lowest BCUT2D eigenvalue weighted by atomic mass is 9.95. The number of rotatable bonds is 2. The Kier molecular flexibility index (Phi) is 3.61. The standard InChI is InChI=1S/C29H19NS/c1-2-7-21(8-3-1)30-26-11-5-4-9-22(26)24-17-19(13-15-27(24)30)20-14-16-29-25(18-20)23-10-6-12-28(23)31-29/h1-18,23H. The Balaban J connectivity index is 1.44. The van der Waals surface area contributed by atoms with Gasteiger partial charge in [-0.25, -0.2) is 0 Å². The maximum Gasteiger partial charge on any atom is 0.0541 e. The summed E-state index contributed by atoms with van der Waals surface area (Å²) >= 11 is 1.91. The number of aromatic nitrogens is 1. The van der Waals surface area contributed by atoms with Crippen LogP contribution in [0.2, 0.25) is 0 Å². The van der Waals surface area contributed by atoms with Crippen LogP contribution in [-0.2, 0) is 0 Å². The fraction of sp³-hybridized carbons (Fsp3) is 0.0345. The van der Waals surface area contributed by atoms with Crippen molar-refractivity contribution in [2.45, 2.75) is 10.8 Å². The first-order chi connectivity index (χ1) is 15.4. The van der Waals surface area contributed by atoms with E-state index in [0.29, 0.717) is 5.92 Å². The molecule has 1 nitrogen and oxygen atoms in total. The fourth-order valence-corrected chi connectivity index (χ4v) is 6.19. The minimum absolute atomic E-state index is 0.448. The van der Waals surface area contributed by atoms with Gasteiger partial charge in [-0.15, -0.1) is 0 Å². The molecule has 0 fully saturated rings. The highest BCUT2D eigenvalue weighted by Gasteiger charge is 2.28. The minimum Gasteiger partial charge on any atom is -0.309 e. The van der Waals surface area contributed by atoms with Crippen LogP contribution >= 0.6 is 11.8 Å². The molecule has 2 heteroatoms. The minimum atomic E-state index is 0.448. The highest BCUT2D eigenvalue weighted by molar-refractivity contribution is 8.03. The Labute approximate surface area is 185 Å². The van der Waals surface area contributed by atoms with Gasteiger partial charge in [0.2, 0.25) is 0 Å². The van der Waals surface area contributed by atoms with E-state index in [-0.39, 0.29) is 0 Å². The lowest BCUT2D eigenvalue weighted by Crippen LogP contribution is -1.93. The van der Waals surface area contributed by atoms with Crippen LogP contribution in [0.4, 0.5) is 0 Å². The van der Waals surface area contributed by atoms with Gasteiger partial charge in [0.1, 0.15) is 0 Å². The van der Waals surface area contributed by atoms with Crippen molar-refractivity contribution in [2.24, 2.45) is 0 Å². The van der Waals surface area contributed by atoms with Gasteiger partial charge >= 0.3 is 0 Å². The fourth-order valence-electron chi connectivity index (χ4n) is 5.01. The molecule has 1 aliphatic carbocycles. The van der Waals surface area contributed by atoms with Crippen LogP contribution in [0.3, 0.4) is 0 Å². The number of benzene rings is 4. The molecule has 1 aromatic heterocycles. The number of thioether (sulfide) groups is 1. The molecule has 0 saturated carbocycles. The Morgan fingerprint density at radius 2 is 1.45 bits per heavy atom. The van der Waals surface area contributed by atoms with E-state index in [0.717, 1.165) is 0 Å². The van der Waals surface area contributed by atoms with E-state index in [1.807, 2.05) is 11.8 Å². The average Bonchev–Trinajstić information content (AvgIpc) is 3.50. The van der Waals surface area contributed by atoms with Gasteiger partial charge in [-0.05, 0) is 59.2 Å². The van der Waals surface area contributed by atoms with Crippen molar-refractivity contribution in [1.29, 1.82) is 0 Å². The molecule has 1 aliphatic heterocycles. The van der Waals surface area contributed by atoms with E-state index in [1.165, 1.54) is 54.0 Å². The van der Waals surface area contributed by atoms with Crippen LogP contribution < -0.4 is 0 Å². The molecule has 1 unspecified atom stereocenters. The monoisotopic (exact) mass is 413 g/mol. The number of hydrogen-bond acceptors (Lipinski definition) is 1. The van der Waals surface area contributed by atoms with E-state index in [9.17, 15) is 0 Å². The first-order valence-corrected chi connectivity index (χ1v) is 11.5. The van der Waals surface area contributed by atoms with Crippen LogP contribution in [0.15, 0.2) is 119 Å². The highest BCUT2D eigenvalue weighted by Crippen LogP contribution is 2.52. The van der Waals surface area contributed by atoms with Gasteiger partial charge in [0.05, 0.1) is 11.0 Å². The molecule has 0 N–H and O–H groups in total. The van der Waals surface area contributed by atoms with Crippen molar-refractivity contribution in [1.82, 2.24) is 4.57 Å². The molecule has 2 aliphatic rings. The number of allylic oxidation sites excluding steroid dienone is 4. The maximum absolute atomic E-state index is 2.39. The molecule has 146 valence electrons. The summed E-state index contributed by atoms with van der Waals surface area (Å²) in [6, 6.07) is 33.2. The molecule has 4 aromatic carbocycles. The first kappa shape index (κ1) is 17.2. The lowest BCUT2D eigenvalue weighted by Gasteiger charge is -2.09. The SMILES string of the molecule is C1=CC2C(=C1)Sc1ccc(-c3ccc4c(c3)c3ccccc3n4-c3ccccc3)cc12. The second-order valence-electron chi connectivity index (χ2n) is 8.21. The zero-order valence-corrected chi connectivity index (χ0v) is 17.6. The number of para-hydroxylation sites is 2. The lowest BCUT2D eigenvalue weighted by molar-refractivity contribution is 1.07. The normalized spacial score (nSPS) is 16.6. The van der Waals surface area contributed by atoms with Crippen molar-refractivity contribution in [3.05, 3.63) is 120 Å². The van der Waals surface area contributed by atoms with E-state index in [2.05, 4.69) is 114 Å². The van der Waals surface area contributed by atoms with Gasteiger partial charge in [0.15, 0.2) is 0 Å². The summed E-state index contributed by atoms with van der Waals surface area (Å²) in [6.07, 6.45) is 6.75. The molecule has 7 rings (SSSR count). The van der Waals surface area contributed by atoms with Gasteiger partial charge < -0.3 is 4.57 Å². The molecule has 1 atom stereocenters. The molecule has 31 heavy (non-hydrogen) atoms. The predicted octanol–water partition coefficient (Wildman–Crippen LogP) is 8.09. The summed E-state index contributed by atoms with van der Waals surface area (Å²) in [5.41, 5.74) is 7.70. The predicted molar refractivity (Wildman–Crippen MR) is 132 cm³/mol. The Bertz CT molecular complexity index is 1550. The topological polar surface area (TPSA) is 4.93 Å². The van der Waals surface area contributed by atoms with Crippen molar-refractivity contribution in [3.63, 3.8) is 0 Å². The highest BCUT2D eigenvalue weighted by atomic mass is 32.2. The van der Waals surface area contributed by atoms with Crippen LogP contribution in [0.1, 0.15) is 11.5 Å². The Morgan fingerprint density at radius 1 is 0.677 bits per heavy atom. The number of fused-ring (bicyclic) bond motifs is 6. The summed E-state index contributed by atoms with van der Waals surface area (Å²) < 4.78 is 2.37.